The van der Waals surface area contributed by atoms with E-state index in [1.54, 1.807) is 42.5 Å². The Hall–Kier alpha value is -3.76. The average molecular weight is 519 g/mol. The molecule has 1 heterocycles. The van der Waals surface area contributed by atoms with Gasteiger partial charge in [-0.3, -0.25) is 0 Å². The zero-order chi connectivity index (χ0) is 24.2. The fourth-order valence-electron chi connectivity index (χ4n) is 3.64. The number of nitrogens with zero attached hydrogens (tertiary/aromatic N) is 1. The van der Waals surface area contributed by atoms with Crippen molar-refractivity contribution in [1.29, 1.82) is 5.26 Å². The van der Waals surface area contributed by atoms with Crippen molar-refractivity contribution in [1.82, 2.24) is 0 Å². The third kappa shape index (κ3) is 5.08. The van der Waals surface area contributed by atoms with Gasteiger partial charge in [0.15, 0.2) is 0 Å². The number of rotatable bonds is 6. The molecule has 0 amide bonds. The normalized spacial score (nSPS) is 14.7. The molecule has 2 N–H and O–H groups in total. The van der Waals surface area contributed by atoms with Gasteiger partial charge in [0, 0.05) is 16.1 Å². The molecule has 0 aliphatic carbocycles. The highest BCUT2D eigenvalue weighted by molar-refractivity contribution is 9.10. The zero-order valence-corrected chi connectivity index (χ0v) is 20.3. The van der Waals surface area contributed by atoms with E-state index in [4.69, 9.17) is 19.9 Å². The summed E-state index contributed by atoms with van der Waals surface area (Å²) in [5.74, 6) is 0.980. The van der Waals surface area contributed by atoms with E-state index in [0.717, 1.165) is 15.6 Å². The molecule has 0 bridgehead atoms. The van der Waals surface area contributed by atoms with Crippen molar-refractivity contribution in [2.45, 2.75) is 19.8 Å². The minimum atomic E-state index is -0.504. The van der Waals surface area contributed by atoms with Crippen molar-refractivity contribution >= 4 is 21.9 Å². The number of benzene rings is 3. The highest BCUT2D eigenvalue weighted by Gasteiger charge is 2.31. The summed E-state index contributed by atoms with van der Waals surface area (Å²) in [7, 11) is 0. The fraction of sp³-hybridized carbons (Fsp3) is 0.185. The summed E-state index contributed by atoms with van der Waals surface area (Å²) in [6.45, 7) is 4.74. The first-order valence-electron chi connectivity index (χ1n) is 10.8. The number of hydrogen-bond donors (Lipinski definition) is 1. The van der Waals surface area contributed by atoms with E-state index >= 15 is 0 Å². The topological polar surface area (TPSA) is 94.6 Å². The predicted molar refractivity (Wildman–Crippen MR) is 132 cm³/mol. The molecule has 34 heavy (non-hydrogen) atoms. The second-order valence-electron chi connectivity index (χ2n) is 8.30. The van der Waals surface area contributed by atoms with Gasteiger partial charge in [-0.15, -0.1) is 0 Å². The summed E-state index contributed by atoms with van der Waals surface area (Å²) in [6, 6.07) is 21.7. The fourth-order valence-corrected chi connectivity index (χ4v) is 4.06. The Morgan fingerprint density at radius 1 is 1.12 bits per heavy atom. The molecule has 4 rings (SSSR count). The van der Waals surface area contributed by atoms with Gasteiger partial charge in [0.25, 0.3) is 0 Å². The molecule has 0 saturated carbocycles. The van der Waals surface area contributed by atoms with Crippen molar-refractivity contribution in [2.75, 3.05) is 6.61 Å². The van der Waals surface area contributed by atoms with Crippen LogP contribution in [0.1, 0.15) is 41.3 Å². The number of esters is 1. The molecule has 1 unspecified atom stereocenters. The van der Waals surface area contributed by atoms with Gasteiger partial charge in [0.1, 0.15) is 28.9 Å². The van der Waals surface area contributed by atoms with Crippen molar-refractivity contribution in [3.05, 3.63) is 99.3 Å². The lowest BCUT2D eigenvalue weighted by atomic mass is 9.83. The van der Waals surface area contributed by atoms with Crippen LogP contribution in [0.5, 0.6) is 17.2 Å². The van der Waals surface area contributed by atoms with E-state index in [0.29, 0.717) is 40.9 Å². The molecule has 1 aliphatic heterocycles. The molecule has 0 aromatic heterocycles. The number of ether oxygens (including phenoxy) is 3. The van der Waals surface area contributed by atoms with Gasteiger partial charge in [-0.2, -0.15) is 5.26 Å². The van der Waals surface area contributed by atoms with Crippen molar-refractivity contribution in [2.24, 2.45) is 11.7 Å². The van der Waals surface area contributed by atoms with Crippen LogP contribution in [-0.4, -0.2) is 12.6 Å². The Labute approximate surface area is 206 Å². The number of hydrogen-bond acceptors (Lipinski definition) is 6. The average Bonchev–Trinajstić information content (AvgIpc) is 2.82. The van der Waals surface area contributed by atoms with Gasteiger partial charge < -0.3 is 19.9 Å². The summed E-state index contributed by atoms with van der Waals surface area (Å²) in [5, 5.41) is 9.71. The molecule has 3 aromatic rings. The van der Waals surface area contributed by atoms with Gasteiger partial charge >= 0.3 is 5.97 Å². The first-order valence-corrected chi connectivity index (χ1v) is 11.6. The summed E-state index contributed by atoms with van der Waals surface area (Å²) in [5.41, 5.74) is 8.45. The second-order valence-corrected chi connectivity index (χ2v) is 9.21. The number of fused-ring (bicyclic) bond motifs is 1. The number of nitriles is 1. The van der Waals surface area contributed by atoms with Crippen LogP contribution in [0.3, 0.4) is 0 Å². The number of allylic oxidation sites excluding steroid dienone is 1. The summed E-state index contributed by atoms with van der Waals surface area (Å²) in [6.07, 6.45) is 0. The minimum Gasteiger partial charge on any atom is -0.493 e. The molecule has 1 atom stereocenters. The van der Waals surface area contributed by atoms with Gasteiger partial charge in [-0.05, 0) is 53.9 Å². The van der Waals surface area contributed by atoms with Crippen LogP contribution in [-0.2, 0) is 0 Å². The lowest BCUT2D eigenvalue weighted by Crippen LogP contribution is -2.21. The highest BCUT2D eigenvalue weighted by atomic mass is 79.9. The third-order valence-electron chi connectivity index (χ3n) is 5.26. The van der Waals surface area contributed by atoms with Gasteiger partial charge in [-0.1, -0.05) is 48.0 Å². The molecule has 0 spiro atoms. The van der Waals surface area contributed by atoms with Crippen molar-refractivity contribution < 1.29 is 19.0 Å². The smallest absolute Gasteiger partial charge is 0.343 e. The van der Waals surface area contributed by atoms with Crippen LogP contribution in [0.25, 0.3) is 0 Å². The predicted octanol–water partition coefficient (Wildman–Crippen LogP) is 5.92. The number of carbonyl (C=O) groups is 1. The van der Waals surface area contributed by atoms with Crippen LogP contribution in [0.15, 0.2) is 82.7 Å². The van der Waals surface area contributed by atoms with Gasteiger partial charge in [-0.25, -0.2) is 4.79 Å². The van der Waals surface area contributed by atoms with E-state index in [9.17, 15) is 10.1 Å². The Balaban J connectivity index is 1.57. The van der Waals surface area contributed by atoms with E-state index in [2.05, 4.69) is 35.8 Å². The quantitative estimate of drug-likeness (QED) is 0.321. The van der Waals surface area contributed by atoms with Crippen LogP contribution in [0.2, 0.25) is 0 Å². The van der Waals surface area contributed by atoms with Crippen LogP contribution >= 0.6 is 15.9 Å². The summed E-state index contributed by atoms with van der Waals surface area (Å²) < 4.78 is 17.8. The third-order valence-corrected chi connectivity index (χ3v) is 5.75. The maximum absolute atomic E-state index is 12.7. The lowest BCUT2D eigenvalue weighted by Gasteiger charge is -2.26. The molecule has 0 fully saturated rings. The summed E-state index contributed by atoms with van der Waals surface area (Å²) in [4.78, 5) is 12.7. The molecule has 3 aromatic carbocycles. The molecule has 0 radical (unpaired) electrons. The molecule has 7 heteroatoms. The molecule has 6 nitrogen and oxygen atoms in total. The Bertz CT molecular complexity index is 1290. The molecule has 0 saturated heterocycles. The largest absolute Gasteiger partial charge is 0.493 e. The zero-order valence-electron chi connectivity index (χ0n) is 18.7. The number of nitrogens with two attached hydrogens (primary N) is 1. The van der Waals surface area contributed by atoms with E-state index < -0.39 is 11.9 Å². The molecule has 172 valence electrons. The SMILES string of the molecule is CC(C)COc1ccc(C(=O)Oc2ccc3c(c2)OC(N)=C(C#N)C3c2cccc(Br)c2)cc1. The number of carbonyl (C=O) groups excluding carboxylic acids is 1. The summed E-state index contributed by atoms with van der Waals surface area (Å²) >= 11 is 3.48. The van der Waals surface area contributed by atoms with E-state index in [1.807, 2.05) is 24.3 Å². The Kier molecular flexibility index (Phi) is 6.90. The van der Waals surface area contributed by atoms with Crippen LogP contribution in [0.4, 0.5) is 0 Å². The van der Waals surface area contributed by atoms with Gasteiger partial charge in [0.2, 0.25) is 5.88 Å². The van der Waals surface area contributed by atoms with Gasteiger partial charge in [0.05, 0.1) is 18.1 Å². The Morgan fingerprint density at radius 2 is 1.85 bits per heavy atom. The molecule has 1 aliphatic rings. The second kappa shape index (κ2) is 10.0. The monoisotopic (exact) mass is 518 g/mol. The molecular formula is C27H23BrN2O4. The van der Waals surface area contributed by atoms with E-state index in [-0.39, 0.29) is 5.88 Å². The highest BCUT2D eigenvalue weighted by Crippen LogP contribution is 2.43. The first kappa shape index (κ1) is 23.4. The maximum atomic E-state index is 12.7. The lowest BCUT2D eigenvalue weighted by molar-refractivity contribution is 0.0734. The standard InChI is InChI=1S/C27H23BrN2O4/c1-16(2)15-32-20-8-6-17(7-9-20)27(31)33-21-10-11-22-24(13-21)34-26(30)23(14-29)25(22)18-4-3-5-19(28)12-18/h3-13,16,25H,15,30H2,1-2H3. The van der Waals surface area contributed by atoms with Crippen LogP contribution in [0, 0.1) is 17.2 Å². The number of halogens is 1. The van der Waals surface area contributed by atoms with Crippen molar-refractivity contribution in [3.63, 3.8) is 0 Å². The minimum absolute atomic E-state index is 0.0282. The van der Waals surface area contributed by atoms with Crippen LogP contribution < -0.4 is 19.9 Å². The van der Waals surface area contributed by atoms with Crippen molar-refractivity contribution in [3.8, 4) is 23.3 Å². The molecular weight excluding hydrogens is 496 g/mol. The Morgan fingerprint density at radius 3 is 2.53 bits per heavy atom. The van der Waals surface area contributed by atoms with E-state index in [1.165, 1.54) is 0 Å². The maximum Gasteiger partial charge on any atom is 0.343 e. The first-order chi connectivity index (χ1) is 16.4.